The van der Waals surface area contributed by atoms with E-state index in [1.54, 1.807) is 12.1 Å². The van der Waals surface area contributed by atoms with E-state index in [2.05, 4.69) is 0 Å². The molecule has 1 unspecified atom stereocenters. The van der Waals surface area contributed by atoms with Crippen LogP contribution in [0.2, 0.25) is 0 Å². The molecule has 102 valence electrons. The van der Waals surface area contributed by atoms with Crippen molar-refractivity contribution in [1.82, 2.24) is 0 Å². The lowest BCUT2D eigenvalue weighted by Gasteiger charge is -2.24. The molecule has 1 aromatic carbocycles. The number of aliphatic hydroxyl groups excluding tert-OH is 1. The monoisotopic (exact) mass is 273 g/mol. The Balaban J connectivity index is 0.00000289. The van der Waals surface area contributed by atoms with E-state index in [1.807, 2.05) is 13.8 Å². The number of carboxylic acids is 1. The van der Waals surface area contributed by atoms with Gasteiger partial charge in [-0.2, -0.15) is 0 Å². The van der Waals surface area contributed by atoms with E-state index < -0.39 is 18.1 Å². The molecule has 0 aromatic heterocycles. The Labute approximate surface area is 113 Å². The highest BCUT2D eigenvalue weighted by molar-refractivity contribution is 5.87. The number of hydrogen-bond acceptors (Lipinski definition) is 3. The summed E-state index contributed by atoms with van der Waals surface area (Å²) < 4.78 is 0. The smallest absolute Gasteiger partial charge is 0.335 e. The third kappa shape index (κ3) is 3.98. The topological polar surface area (TPSA) is 83.5 Å². The van der Waals surface area contributed by atoms with Gasteiger partial charge in [-0.1, -0.05) is 32.4 Å². The summed E-state index contributed by atoms with van der Waals surface area (Å²) in [7, 11) is 0. The molecule has 5 heteroatoms. The Hall–Kier alpha value is -1.10. The molecule has 0 spiro atoms. The zero-order valence-electron chi connectivity index (χ0n) is 10.5. The summed E-state index contributed by atoms with van der Waals surface area (Å²) >= 11 is 0. The van der Waals surface area contributed by atoms with E-state index in [-0.39, 0.29) is 23.9 Å². The highest BCUT2D eigenvalue weighted by Crippen LogP contribution is 2.21. The van der Waals surface area contributed by atoms with Gasteiger partial charge in [-0.05, 0) is 23.6 Å². The van der Waals surface area contributed by atoms with Crippen molar-refractivity contribution in [3.8, 4) is 0 Å². The van der Waals surface area contributed by atoms with Gasteiger partial charge in [-0.25, -0.2) is 4.79 Å². The number of carbonyl (C=O) groups is 1. The van der Waals surface area contributed by atoms with Crippen molar-refractivity contribution in [3.05, 3.63) is 35.4 Å². The quantitative estimate of drug-likeness (QED) is 0.768. The standard InChI is InChI=1S/C13H19NO3.ClH/c1-3-8(2)12(15)11(14)9-4-6-10(7-5-9)13(16)17;/h4-8,11-12,15H,3,14H2,1-2H3,(H,16,17);1H/t8?,11-,12+;/m0./s1. The van der Waals surface area contributed by atoms with Crippen LogP contribution in [0.25, 0.3) is 0 Å². The van der Waals surface area contributed by atoms with Crippen molar-refractivity contribution in [2.24, 2.45) is 11.7 Å². The van der Waals surface area contributed by atoms with E-state index in [1.165, 1.54) is 12.1 Å². The van der Waals surface area contributed by atoms with Gasteiger partial charge in [-0.15, -0.1) is 12.4 Å². The number of halogens is 1. The Bertz CT molecular complexity index is 380. The Morgan fingerprint density at radius 3 is 2.22 bits per heavy atom. The van der Waals surface area contributed by atoms with E-state index in [0.717, 1.165) is 12.0 Å². The normalized spacial score (nSPS) is 15.3. The number of aliphatic hydroxyl groups is 1. The minimum absolute atomic E-state index is 0. The van der Waals surface area contributed by atoms with Gasteiger partial charge in [0, 0.05) is 0 Å². The van der Waals surface area contributed by atoms with Crippen LogP contribution < -0.4 is 5.73 Å². The van der Waals surface area contributed by atoms with Gasteiger partial charge in [-0.3, -0.25) is 0 Å². The molecule has 0 heterocycles. The molecule has 0 radical (unpaired) electrons. The summed E-state index contributed by atoms with van der Waals surface area (Å²) in [6, 6.07) is 5.83. The van der Waals surface area contributed by atoms with Gasteiger partial charge in [0.15, 0.2) is 0 Å². The minimum Gasteiger partial charge on any atom is -0.478 e. The van der Waals surface area contributed by atoms with Crippen LogP contribution in [0, 0.1) is 5.92 Å². The second-order valence-electron chi connectivity index (χ2n) is 4.33. The third-order valence-electron chi connectivity index (χ3n) is 3.14. The number of hydrogen-bond donors (Lipinski definition) is 3. The van der Waals surface area contributed by atoms with Gasteiger partial charge in [0.25, 0.3) is 0 Å². The number of carboxylic acid groups (broad SMARTS) is 1. The van der Waals surface area contributed by atoms with Crippen LogP contribution in [0.5, 0.6) is 0 Å². The van der Waals surface area contributed by atoms with Crippen molar-refractivity contribution >= 4 is 18.4 Å². The first-order valence-corrected chi connectivity index (χ1v) is 5.74. The van der Waals surface area contributed by atoms with Gasteiger partial charge < -0.3 is 15.9 Å². The summed E-state index contributed by atoms with van der Waals surface area (Å²) in [6.45, 7) is 3.93. The highest BCUT2D eigenvalue weighted by atomic mass is 35.5. The first kappa shape index (κ1) is 16.9. The van der Waals surface area contributed by atoms with Crippen LogP contribution in [0.15, 0.2) is 24.3 Å². The number of benzene rings is 1. The molecule has 18 heavy (non-hydrogen) atoms. The lowest BCUT2D eigenvalue weighted by atomic mass is 9.91. The molecule has 4 nitrogen and oxygen atoms in total. The molecule has 0 aliphatic carbocycles. The predicted molar refractivity (Wildman–Crippen MR) is 73.0 cm³/mol. The van der Waals surface area contributed by atoms with Gasteiger partial charge in [0.2, 0.25) is 0 Å². The second kappa shape index (κ2) is 7.36. The molecule has 0 saturated carbocycles. The predicted octanol–water partition coefficient (Wildman–Crippen LogP) is 2.21. The average molecular weight is 274 g/mol. The summed E-state index contributed by atoms with van der Waals surface area (Å²) in [5.74, 6) is -0.850. The zero-order valence-corrected chi connectivity index (χ0v) is 11.4. The summed E-state index contributed by atoms with van der Waals surface area (Å²) in [5.41, 5.74) is 6.92. The van der Waals surface area contributed by atoms with Crippen molar-refractivity contribution < 1.29 is 15.0 Å². The lowest BCUT2D eigenvalue weighted by Crippen LogP contribution is -2.31. The van der Waals surface area contributed by atoms with Crippen molar-refractivity contribution in [1.29, 1.82) is 0 Å². The molecule has 3 atom stereocenters. The minimum atomic E-state index is -0.965. The zero-order chi connectivity index (χ0) is 13.0. The molecular formula is C13H20ClNO3. The molecular weight excluding hydrogens is 254 g/mol. The largest absolute Gasteiger partial charge is 0.478 e. The second-order valence-corrected chi connectivity index (χ2v) is 4.33. The number of aromatic carboxylic acids is 1. The average Bonchev–Trinajstić information content (AvgIpc) is 2.36. The molecule has 0 aliphatic rings. The highest BCUT2D eigenvalue weighted by Gasteiger charge is 2.21. The lowest BCUT2D eigenvalue weighted by molar-refractivity contribution is 0.0697. The van der Waals surface area contributed by atoms with E-state index >= 15 is 0 Å². The van der Waals surface area contributed by atoms with Crippen molar-refractivity contribution in [2.45, 2.75) is 32.4 Å². The van der Waals surface area contributed by atoms with Crippen LogP contribution in [0.3, 0.4) is 0 Å². The maximum absolute atomic E-state index is 10.7. The van der Waals surface area contributed by atoms with Gasteiger partial charge in [0.05, 0.1) is 17.7 Å². The van der Waals surface area contributed by atoms with Gasteiger partial charge in [0.1, 0.15) is 0 Å². The van der Waals surface area contributed by atoms with Crippen LogP contribution >= 0.6 is 12.4 Å². The molecule has 0 saturated heterocycles. The molecule has 0 aliphatic heterocycles. The van der Waals surface area contributed by atoms with Crippen LogP contribution in [-0.4, -0.2) is 22.3 Å². The SMILES string of the molecule is CCC(C)[C@@H](O)[C@@H](N)c1ccc(C(=O)O)cc1.Cl. The fourth-order valence-electron chi connectivity index (χ4n) is 1.64. The molecule has 1 aromatic rings. The van der Waals surface area contributed by atoms with E-state index in [4.69, 9.17) is 10.8 Å². The summed E-state index contributed by atoms with van der Waals surface area (Å²) in [5, 5.41) is 18.7. The fourth-order valence-corrected chi connectivity index (χ4v) is 1.64. The molecule has 0 amide bonds. The van der Waals surface area contributed by atoms with E-state index in [0.29, 0.717) is 0 Å². The van der Waals surface area contributed by atoms with Crippen molar-refractivity contribution in [3.63, 3.8) is 0 Å². The maximum Gasteiger partial charge on any atom is 0.335 e. The summed E-state index contributed by atoms with van der Waals surface area (Å²) in [4.78, 5) is 10.7. The fraction of sp³-hybridized carbons (Fsp3) is 0.462. The molecule has 0 fully saturated rings. The molecule has 4 N–H and O–H groups in total. The van der Waals surface area contributed by atoms with E-state index in [9.17, 15) is 9.90 Å². The Kier molecular flexibility index (Phi) is 6.91. The first-order valence-electron chi connectivity index (χ1n) is 5.74. The van der Waals surface area contributed by atoms with Crippen molar-refractivity contribution in [2.75, 3.05) is 0 Å². The maximum atomic E-state index is 10.7. The number of rotatable bonds is 5. The van der Waals surface area contributed by atoms with Crippen LogP contribution in [-0.2, 0) is 0 Å². The van der Waals surface area contributed by atoms with Crippen LogP contribution in [0.4, 0.5) is 0 Å². The molecule has 1 rings (SSSR count). The Morgan fingerprint density at radius 1 is 1.33 bits per heavy atom. The Morgan fingerprint density at radius 2 is 1.83 bits per heavy atom. The summed E-state index contributed by atoms with van der Waals surface area (Å²) in [6.07, 6.45) is 0.234. The van der Waals surface area contributed by atoms with Gasteiger partial charge >= 0.3 is 5.97 Å². The third-order valence-corrected chi connectivity index (χ3v) is 3.14. The first-order chi connectivity index (χ1) is 7.97. The number of nitrogens with two attached hydrogens (primary N) is 1. The van der Waals surface area contributed by atoms with Crippen LogP contribution in [0.1, 0.15) is 42.2 Å². The molecule has 0 bridgehead atoms.